The Kier molecular flexibility index (Phi) is 3.60. The summed E-state index contributed by atoms with van der Waals surface area (Å²) in [6.45, 7) is 2.42. The highest BCUT2D eigenvalue weighted by Gasteiger charge is 2.16. The number of aromatic nitrogens is 3. The van der Waals surface area contributed by atoms with Gasteiger partial charge in [-0.25, -0.2) is 9.97 Å². The van der Waals surface area contributed by atoms with Crippen LogP contribution in [0.25, 0.3) is 0 Å². The second kappa shape index (κ2) is 6.04. The van der Waals surface area contributed by atoms with Crippen LogP contribution in [0.5, 0.6) is 0 Å². The van der Waals surface area contributed by atoms with Crippen molar-refractivity contribution in [1.29, 1.82) is 0 Å². The molecule has 0 bridgehead atoms. The summed E-state index contributed by atoms with van der Waals surface area (Å²) in [7, 11) is 0. The molecule has 1 N–H and O–H groups in total. The van der Waals surface area contributed by atoms with Gasteiger partial charge in [0.1, 0.15) is 5.82 Å². The topological polar surface area (TPSA) is 55.1 Å². The smallest absolute Gasteiger partial charge is 0.126 e. The second-order valence-electron chi connectivity index (χ2n) is 5.48. The van der Waals surface area contributed by atoms with Crippen LogP contribution >= 0.6 is 0 Å². The maximum atomic E-state index is 4.68. The van der Waals surface area contributed by atoms with Crippen LogP contribution in [0.4, 0.5) is 5.82 Å². The largest absolute Gasteiger partial charge is 0.368 e. The Morgan fingerprint density at radius 3 is 3.00 bits per heavy atom. The van der Waals surface area contributed by atoms with Gasteiger partial charge in [-0.3, -0.25) is 4.99 Å². The van der Waals surface area contributed by atoms with Crippen molar-refractivity contribution in [2.45, 2.75) is 13.1 Å². The summed E-state index contributed by atoms with van der Waals surface area (Å²) in [5.41, 5.74) is 4.67. The number of aliphatic imine (C=N–C) groups is 1. The first-order valence-corrected chi connectivity index (χ1v) is 7.69. The molecule has 0 amide bonds. The van der Waals surface area contributed by atoms with Crippen LogP contribution in [0, 0.1) is 0 Å². The average molecular weight is 303 g/mol. The van der Waals surface area contributed by atoms with E-state index in [-0.39, 0.29) is 0 Å². The van der Waals surface area contributed by atoms with E-state index in [0.29, 0.717) is 0 Å². The van der Waals surface area contributed by atoms with Gasteiger partial charge in [0, 0.05) is 42.8 Å². The van der Waals surface area contributed by atoms with Gasteiger partial charge in [0.15, 0.2) is 0 Å². The van der Waals surface area contributed by atoms with Crippen molar-refractivity contribution in [3.8, 4) is 0 Å². The number of hydrogen-bond donors (Lipinski definition) is 1. The number of imidazole rings is 1. The molecule has 5 heteroatoms. The monoisotopic (exact) mass is 303 g/mol. The third-order valence-electron chi connectivity index (χ3n) is 3.95. The number of nitrogens with one attached hydrogen (secondary N) is 1. The van der Waals surface area contributed by atoms with Crippen LogP contribution in [-0.2, 0) is 13.1 Å². The fourth-order valence-electron chi connectivity index (χ4n) is 2.79. The molecule has 4 rings (SSSR count). The van der Waals surface area contributed by atoms with E-state index in [1.807, 2.05) is 29.4 Å². The fraction of sp³-hybridized carbons (Fsp3) is 0.167. The van der Waals surface area contributed by atoms with Crippen LogP contribution in [0.1, 0.15) is 16.7 Å². The van der Waals surface area contributed by atoms with E-state index in [1.165, 1.54) is 11.1 Å². The van der Waals surface area contributed by atoms with Gasteiger partial charge >= 0.3 is 0 Å². The first kappa shape index (κ1) is 13.7. The molecule has 3 heterocycles. The molecule has 0 aliphatic carbocycles. The average Bonchev–Trinajstić information content (AvgIpc) is 3.24. The molecule has 0 saturated carbocycles. The SMILES string of the molecule is c1ccc2c(c1)CN=C2c1ccnc(NCCn2ccnc2)c1. The second-order valence-corrected chi connectivity index (χ2v) is 5.48. The standard InChI is InChI=1S/C18H17N5/c1-2-4-16-15(3-1)12-22-18(16)14-5-6-20-17(11-14)21-8-10-23-9-7-19-13-23/h1-7,9,11,13H,8,10,12H2,(H,20,21). The highest BCUT2D eigenvalue weighted by atomic mass is 15.1. The zero-order chi connectivity index (χ0) is 15.5. The minimum atomic E-state index is 0.761. The quantitative estimate of drug-likeness (QED) is 0.788. The number of rotatable bonds is 5. The van der Waals surface area contributed by atoms with Crippen molar-refractivity contribution in [2.75, 3.05) is 11.9 Å². The highest BCUT2D eigenvalue weighted by Crippen LogP contribution is 2.23. The minimum absolute atomic E-state index is 0.761. The molecule has 114 valence electrons. The molecule has 0 radical (unpaired) electrons. The summed E-state index contributed by atoms with van der Waals surface area (Å²) >= 11 is 0. The molecule has 0 unspecified atom stereocenters. The zero-order valence-electron chi connectivity index (χ0n) is 12.7. The molecule has 0 fully saturated rings. The molecule has 1 aliphatic rings. The maximum Gasteiger partial charge on any atom is 0.126 e. The zero-order valence-corrected chi connectivity index (χ0v) is 12.7. The van der Waals surface area contributed by atoms with Gasteiger partial charge in [0.2, 0.25) is 0 Å². The van der Waals surface area contributed by atoms with E-state index in [2.05, 4.69) is 50.6 Å². The van der Waals surface area contributed by atoms with Gasteiger partial charge in [-0.1, -0.05) is 24.3 Å². The van der Waals surface area contributed by atoms with Gasteiger partial charge in [0.05, 0.1) is 18.6 Å². The lowest BCUT2D eigenvalue weighted by Gasteiger charge is -2.09. The Balaban J connectivity index is 1.49. The van der Waals surface area contributed by atoms with Crippen LogP contribution in [-0.4, -0.2) is 26.8 Å². The number of pyridine rings is 1. The van der Waals surface area contributed by atoms with Crippen molar-refractivity contribution in [3.63, 3.8) is 0 Å². The van der Waals surface area contributed by atoms with Gasteiger partial charge in [0.25, 0.3) is 0 Å². The highest BCUT2D eigenvalue weighted by molar-refractivity contribution is 6.15. The van der Waals surface area contributed by atoms with Crippen LogP contribution in [0.15, 0.2) is 66.3 Å². The summed E-state index contributed by atoms with van der Waals surface area (Å²) in [6, 6.07) is 12.5. The third-order valence-corrected chi connectivity index (χ3v) is 3.95. The first-order valence-electron chi connectivity index (χ1n) is 7.69. The summed E-state index contributed by atoms with van der Waals surface area (Å²) in [5, 5.41) is 3.36. The fourth-order valence-corrected chi connectivity index (χ4v) is 2.79. The van der Waals surface area contributed by atoms with Gasteiger partial charge in [-0.15, -0.1) is 0 Å². The Bertz CT molecular complexity index is 836. The van der Waals surface area contributed by atoms with E-state index in [1.54, 1.807) is 6.20 Å². The molecule has 23 heavy (non-hydrogen) atoms. The Labute approximate surface area is 134 Å². The molecular weight excluding hydrogens is 286 g/mol. The molecule has 0 spiro atoms. The molecule has 0 atom stereocenters. The molecule has 3 aromatic rings. The van der Waals surface area contributed by atoms with Crippen LogP contribution < -0.4 is 5.32 Å². The summed E-state index contributed by atoms with van der Waals surface area (Å²) < 4.78 is 2.04. The number of hydrogen-bond acceptors (Lipinski definition) is 4. The van der Waals surface area contributed by atoms with Crippen molar-refractivity contribution in [1.82, 2.24) is 14.5 Å². The van der Waals surface area contributed by atoms with Gasteiger partial charge < -0.3 is 9.88 Å². The lowest BCUT2D eigenvalue weighted by atomic mass is 10.0. The molecular formula is C18H17N5. The Hall–Kier alpha value is -2.95. The minimum Gasteiger partial charge on any atom is -0.368 e. The lowest BCUT2D eigenvalue weighted by Crippen LogP contribution is -2.11. The first-order chi connectivity index (χ1) is 11.4. The summed E-state index contributed by atoms with van der Waals surface area (Å²) in [6.07, 6.45) is 7.39. The van der Waals surface area contributed by atoms with Gasteiger partial charge in [-0.05, 0) is 17.7 Å². The van der Waals surface area contributed by atoms with Crippen molar-refractivity contribution < 1.29 is 0 Å². The van der Waals surface area contributed by atoms with Crippen LogP contribution in [0.3, 0.4) is 0 Å². The predicted octanol–water partition coefficient (Wildman–Crippen LogP) is 2.74. The Morgan fingerprint density at radius 1 is 1.13 bits per heavy atom. The number of nitrogens with zero attached hydrogens (tertiary/aromatic N) is 4. The van der Waals surface area contributed by atoms with E-state index < -0.39 is 0 Å². The van der Waals surface area contributed by atoms with E-state index in [0.717, 1.165) is 36.7 Å². The molecule has 5 nitrogen and oxygen atoms in total. The van der Waals surface area contributed by atoms with Crippen molar-refractivity contribution in [3.05, 3.63) is 78.0 Å². The predicted molar refractivity (Wildman–Crippen MR) is 90.7 cm³/mol. The third kappa shape index (κ3) is 2.85. The van der Waals surface area contributed by atoms with E-state index in [4.69, 9.17) is 0 Å². The normalized spacial score (nSPS) is 12.8. The van der Waals surface area contributed by atoms with Crippen molar-refractivity contribution in [2.24, 2.45) is 4.99 Å². The van der Waals surface area contributed by atoms with Crippen LogP contribution in [0.2, 0.25) is 0 Å². The van der Waals surface area contributed by atoms with Gasteiger partial charge in [-0.2, -0.15) is 0 Å². The maximum absolute atomic E-state index is 4.68. The molecule has 1 aliphatic heterocycles. The number of fused-ring (bicyclic) bond motifs is 1. The molecule has 0 saturated heterocycles. The van der Waals surface area contributed by atoms with Crippen molar-refractivity contribution >= 4 is 11.5 Å². The Morgan fingerprint density at radius 2 is 2.09 bits per heavy atom. The molecule has 2 aromatic heterocycles. The van der Waals surface area contributed by atoms with E-state index in [9.17, 15) is 0 Å². The number of benzene rings is 1. The summed E-state index contributed by atoms with van der Waals surface area (Å²) in [5.74, 6) is 0.870. The van der Waals surface area contributed by atoms with E-state index >= 15 is 0 Å². The number of anilines is 1. The summed E-state index contributed by atoms with van der Waals surface area (Å²) in [4.78, 5) is 13.1. The molecule has 1 aromatic carbocycles. The lowest BCUT2D eigenvalue weighted by molar-refractivity contribution is 0.725.